The summed E-state index contributed by atoms with van der Waals surface area (Å²) in [5.41, 5.74) is 4.59. The van der Waals surface area contributed by atoms with Gasteiger partial charge >= 0.3 is 5.97 Å². The van der Waals surface area contributed by atoms with Crippen molar-refractivity contribution in [2.75, 3.05) is 19.7 Å². The summed E-state index contributed by atoms with van der Waals surface area (Å²) < 4.78 is 20.9. The fourth-order valence-corrected chi connectivity index (χ4v) is 4.52. The SMILES string of the molecule is CCOC(=O)[C@@H]1CCCN(C(=O)c2c(C)c(CC)c(C)n2Cc2cccc(F)c2)C1. The number of rotatable bonds is 6. The summed E-state index contributed by atoms with van der Waals surface area (Å²) in [4.78, 5) is 27.6. The van der Waals surface area contributed by atoms with Crippen molar-refractivity contribution in [3.8, 4) is 0 Å². The lowest BCUT2D eigenvalue weighted by molar-refractivity contribution is -0.149. The highest BCUT2D eigenvalue weighted by Gasteiger charge is 2.32. The first-order valence-electron chi connectivity index (χ1n) is 10.8. The van der Waals surface area contributed by atoms with Crippen molar-refractivity contribution in [2.45, 2.75) is 53.5 Å². The van der Waals surface area contributed by atoms with E-state index >= 15 is 0 Å². The number of ether oxygens (including phenoxy) is 1. The second-order valence-electron chi connectivity index (χ2n) is 7.95. The van der Waals surface area contributed by atoms with Gasteiger partial charge in [-0.25, -0.2) is 4.39 Å². The molecule has 0 saturated carbocycles. The zero-order valence-corrected chi connectivity index (χ0v) is 18.3. The molecule has 1 atom stereocenters. The minimum Gasteiger partial charge on any atom is -0.466 e. The number of nitrogens with zero attached hydrogens (tertiary/aromatic N) is 2. The number of likely N-dealkylation sites (tertiary alicyclic amines) is 1. The van der Waals surface area contributed by atoms with Crippen molar-refractivity contribution in [1.82, 2.24) is 9.47 Å². The van der Waals surface area contributed by atoms with Crippen LogP contribution in [0.5, 0.6) is 0 Å². The largest absolute Gasteiger partial charge is 0.466 e. The predicted octanol–water partition coefficient (Wildman–Crippen LogP) is 4.27. The summed E-state index contributed by atoms with van der Waals surface area (Å²) in [6.07, 6.45) is 2.34. The highest BCUT2D eigenvalue weighted by atomic mass is 19.1. The molecule has 0 N–H and O–H groups in total. The molecular weight excluding hydrogens is 383 g/mol. The Balaban J connectivity index is 1.94. The van der Waals surface area contributed by atoms with E-state index < -0.39 is 0 Å². The monoisotopic (exact) mass is 414 g/mol. The molecule has 1 fully saturated rings. The molecule has 162 valence electrons. The molecule has 2 aromatic rings. The molecule has 1 amide bonds. The fourth-order valence-electron chi connectivity index (χ4n) is 4.52. The van der Waals surface area contributed by atoms with Crippen molar-refractivity contribution in [3.05, 3.63) is 58.2 Å². The van der Waals surface area contributed by atoms with Crippen LogP contribution >= 0.6 is 0 Å². The van der Waals surface area contributed by atoms with Crippen molar-refractivity contribution in [1.29, 1.82) is 0 Å². The van der Waals surface area contributed by atoms with Crippen LogP contribution in [0.1, 0.15) is 59.6 Å². The zero-order chi connectivity index (χ0) is 21.8. The van der Waals surface area contributed by atoms with Gasteiger partial charge in [0.25, 0.3) is 5.91 Å². The molecular formula is C24H31FN2O3. The summed E-state index contributed by atoms with van der Waals surface area (Å²) in [6.45, 7) is 9.64. The zero-order valence-electron chi connectivity index (χ0n) is 18.3. The Morgan fingerprint density at radius 3 is 2.67 bits per heavy atom. The molecule has 5 nitrogen and oxygen atoms in total. The van der Waals surface area contributed by atoms with Gasteiger partial charge in [-0.05, 0) is 68.9 Å². The number of amides is 1. The standard InChI is InChI=1S/C24H31FN2O3/c1-5-21-16(3)22(27(17(21)4)14-18-9-7-11-20(25)13-18)23(28)26-12-8-10-19(15-26)24(29)30-6-2/h7,9,11,13,19H,5-6,8,10,12,14-15H2,1-4H3/t19-/m1/s1. The van der Waals surface area contributed by atoms with E-state index in [9.17, 15) is 14.0 Å². The minimum atomic E-state index is -0.286. The summed E-state index contributed by atoms with van der Waals surface area (Å²) in [6, 6.07) is 6.49. The molecule has 3 rings (SSSR count). The molecule has 1 saturated heterocycles. The number of esters is 1. The van der Waals surface area contributed by atoms with E-state index in [0.717, 1.165) is 41.6 Å². The number of aromatic nitrogens is 1. The van der Waals surface area contributed by atoms with Crippen LogP contribution in [0.4, 0.5) is 4.39 Å². The number of benzene rings is 1. The third-order valence-electron chi connectivity index (χ3n) is 6.03. The number of hydrogen-bond donors (Lipinski definition) is 0. The van der Waals surface area contributed by atoms with Crippen molar-refractivity contribution < 1.29 is 18.7 Å². The van der Waals surface area contributed by atoms with Gasteiger partial charge < -0.3 is 14.2 Å². The third kappa shape index (κ3) is 4.42. The maximum Gasteiger partial charge on any atom is 0.310 e. The lowest BCUT2D eigenvalue weighted by Gasteiger charge is -2.32. The second-order valence-corrected chi connectivity index (χ2v) is 7.95. The molecule has 0 bridgehead atoms. The Kier molecular flexibility index (Phi) is 6.95. The third-order valence-corrected chi connectivity index (χ3v) is 6.03. The number of hydrogen-bond acceptors (Lipinski definition) is 3. The fraction of sp³-hybridized carbons (Fsp3) is 0.500. The van der Waals surface area contributed by atoms with Gasteiger partial charge in [0.05, 0.1) is 12.5 Å². The first-order chi connectivity index (χ1) is 14.4. The van der Waals surface area contributed by atoms with E-state index in [1.165, 1.54) is 12.1 Å². The molecule has 0 aliphatic carbocycles. The van der Waals surface area contributed by atoms with Gasteiger partial charge in [0.15, 0.2) is 0 Å². The van der Waals surface area contributed by atoms with Crippen molar-refractivity contribution in [2.24, 2.45) is 5.92 Å². The van der Waals surface area contributed by atoms with E-state index in [-0.39, 0.29) is 23.6 Å². The summed E-state index contributed by atoms with van der Waals surface area (Å²) in [5, 5.41) is 0. The van der Waals surface area contributed by atoms with Gasteiger partial charge in [0.1, 0.15) is 11.5 Å². The van der Waals surface area contributed by atoms with Gasteiger partial charge in [-0.1, -0.05) is 19.1 Å². The van der Waals surface area contributed by atoms with Crippen molar-refractivity contribution >= 4 is 11.9 Å². The van der Waals surface area contributed by atoms with E-state index in [4.69, 9.17) is 4.74 Å². The van der Waals surface area contributed by atoms with Crippen LogP contribution < -0.4 is 0 Å². The lowest BCUT2D eigenvalue weighted by atomic mass is 9.97. The summed E-state index contributed by atoms with van der Waals surface area (Å²) in [7, 11) is 0. The Morgan fingerprint density at radius 2 is 2.00 bits per heavy atom. The minimum absolute atomic E-state index is 0.0688. The highest BCUT2D eigenvalue weighted by molar-refractivity contribution is 5.95. The van der Waals surface area contributed by atoms with E-state index in [1.54, 1.807) is 17.9 Å². The van der Waals surface area contributed by atoms with Gasteiger partial charge in [0.2, 0.25) is 0 Å². The van der Waals surface area contributed by atoms with Crippen LogP contribution in [0.2, 0.25) is 0 Å². The quantitative estimate of drug-likeness (QED) is 0.664. The van der Waals surface area contributed by atoms with Crippen LogP contribution in [-0.4, -0.2) is 41.0 Å². The van der Waals surface area contributed by atoms with Gasteiger partial charge in [-0.2, -0.15) is 0 Å². The summed E-state index contributed by atoms with van der Waals surface area (Å²) in [5.74, 6) is -0.861. The number of carbonyl (C=O) groups excluding carboxylic acids is 2. The Labute approximate surface area is 177 Å². The average molecular weight is 415 g/mol. The number of piperidine rings is 1. The van der Waals surface area contributed by atoms with Crippen LogP contribution in [0.25, 0.3) is 0 Å². The molecule has 1 aliphatic rings. The van der Waals surface area contributed by atoms with Gasteiger partial charge in [-0.3, -0.25) is 9.59 Å². The molecule has 1 aromatic carbocycles. The van der Waals surface area contributed by atoms with Crippen LogP contribution in [0.15, 0.2) is 24.3 Å². The Hall–Kier alpha value is -2.63. The van der Waals surface area contributed by atoms with Crippen molar-refractivity contribution in [3.63, 3.8) is 0 Å². The van der Waals surface area contributed by atoms with E-state index in [0.29, 0.717) is 31.9 Å². The lowest BCUT2D eigenvalue weighted by Crippen LogP contribution is -2.43. The van der Waals surface area contributed by atoms with Crippen LogP contribution in [-0.2, 0) is 22.5 Å². The van der Waals surface area contributed by atoms with Gasteiger partial charge in [0, 0.05) is 25.3 Å². The molecule has 1 aliphatic heterocycles. The molecule has 2 heterocycles. The van der Waals surface area contributed by atoms with Crippen LogP contribution in [0.3, 0.4) is 0 Å². The van der Waals surface area contributed by atoms with Gasteiger partial charge in [-0.15, -0.1) is 0 Å². The van der Waals surface area contributed by atoms with E-state index in [2.05, 4.69) is 6.92 Å². The Bertz CT molecular complexity index is 935. The summed E-state index contributed by atoms with van der Waals surface area (Å²) >= 11 is 0. The normalized spacial score (nSPS) is 16.6. The Morgan fingerprint density at radius 1 is 1.23 bits per heavy atom. The predicted molar refractivity (Wildman–Crippen MR) is 114 cm³/mol. The van der Waals surface area contributed by atoms with Crippen LogP contribution in [0, 0.1) is 25.6 Å². The molecule has 0 spiro atoms. The highest BCUT2D eigenvalue weighted by Crippen LogP contribution is 2.27. The maximum atomic E-state index is 13.7. The number of halogens is 1. The first kappa shape index (κ1) is 22.1. The smallest absolute Gasteiger partial charge is 0.310 e. The maximum absolute atomic E-state index is 13.7. The topological polar surface area (TPSA) is 51.5 Å². The first-order valence-corrected chi connectivity index (χ1v) is 10.8. The van der Waals surface area contributed by atoms with E-state index in [1.807, 2.05) is 24.5 Å². The molecule has 0 unspecified atom stereocenters. The number of carbonyl (C=O) groups is 2. The molecule has 6 heteroatoms. The molecule has 1 aromatic heterocycles. The molecule has 30 heavy (non-hydrogen) atoms. The average Bonchev–Trinajstić information content (AvgIpc) is 2.96. The molecule has 0 radical (unpaired) electrons. The second kappa shape index (κ2) is 9.45.